The maximum atomic E-state index is 12.0. The molecule has 0 aromatic heterocycles. The van der Waals surface area contributed by atoms with Crippen molar-refractivity contribution in [2.24, 2.45) is 22.7 Å². The van der Waals surface area contributed by atoms with Crippen LogP contribution in [0.1, 0.15) is 46.5 Å². The minimum Gasteiger partial charge on any atom is -0.295 e. The number of carbonyl (C=O) groups excluding carboxylic acids is 2. The Kier molecular flexibility index (Phi) is 3.01. The fraction of sp³-hybridized carbons (Fsp3) is 0.524. The zero-order valence-electron chi connectivity index (χ0n) is 14.2. The SMILES string of the molecule is CC(=O)C1=CC[C@H]2[C@@H]3C=CC4=CC(=O)CC[C@]4(C)C3=CC[C@]12C. The lowest BCUT2D eigenvalue weighted by Crippen LogP contribution is -2.42. The fourth-order valence-corrected chi connectivity index (χ4v) is 5.47. The van der Waals surface area contributed by atoms with Gasteiger partial charge in [-0.25, -0.2) is 0 Å². The highest BCUT2D eigenvalue weighted by molar-refractivity contribution is 5.95. The molecule has 4 atom stereocenters. The first-order valence-electron chi connectivity index (χ1n) is 8.71. The average Bonchev–Trinajstić information content (AvgIpc) is 2.85. The van der Waals surface area contributed by atoms with E-state index in [4.69, 9.17) is 0 Å². The third-order valence-corrected chi connectivity index (χ3v) is 6.87. The van der Waals surface area contributed by atoms with Crippen molar-refractivity contribution >= 4 is 11.6 Å². The number of Topliss-reactive ketones (excluding diaryl/α,β-unsaturated/α-hetero) is 1. The smallest absolute Gasteiger partial charge is 0.156 e. The standard InChI is InChI=1S/C21H24O2/c1-13(22)17-6-7-18-16-5-4-14-12-15(23)8-10-20(14,2)19(16)9-11-21(17,18)3/h4-6,9,12,16,18H,7-8,10-11H2,1-3H3/t16-,18-,20-,21+/m0/s1. The summed E-state index contributed by atoms with van der Waals surface area (Å²) >= 11 is 0. The number of hydrogen-bond acceptors (Lipinski definition) is 2. The van der Waals surface area contributed by atoms with Crippen molar-refractivity contribution in [2.45, 2.75) is 46.5 Å². The summed E-state index contributed by atoms with van der Waals surface area (Å²) in [7, 11) is 0. The van der Waals surface area contributed by atoms with Gasteiger partial charge in [0.15, 0.2) is 11.6 Å². The second-order valence-electron chi connectivity index (χ2n) is 8.08. The lowest BCUT2D eigenvalue weighted by Gasteiger charge is -2.50. The Morgan fingerprint density at radius 1 is 1.26 bits per heavy atom. The molecular formula is C21H24O2. The van der Waals surface area contributed by atoms with Crippen LogP contribution in [-0.2, 0) is 9.59 Å². The van der Waals surface area contributed by atoms with Gasteiger partial charge in [0.25, 0.3) is 0 Å². The minimum absolute atomic E-state index is 0.00757. The number of hydrogen-bond donors (Lipinski definition) is 0. The van der Waals surface area contributed by atoms with Gasteiger partial charge in [-0.05, 0) is 49.3 Å². The predicted molar refractivity (Wildman–Crippen MR) is 90.7 cm³/mol. The van der Waals surface area contributed by atoms with Crippen LogP contribution in [0.15, 0.2) is 47.1 Å². The van der Waals surface area contributed by atoms with Gasteiger partial charge >= 0.3 is 0 Å². The van der Waals surface area contributed by atoms with Gasteiger partial charge in [0, 0.05) is 23.2 Å². The topological polar surface area (TPSA) is 34.1 Å². The third kappa shape index (κ3) is 1.87. The van der Waals surface area contributed by atoms with Crippen molar-refractivity contribution < 1.29 is 9.59 Å². The molecule has 0 N–H and O–H groups in total. The van der Waals surface area contributed by atoms with Gasteiger partial charge < -0.3 is 0 Å². The lowest BCUT2D eigenvalue weighted by atomic mass is 9.53. The van der Waals surface area contributed by atoms with E-state index in [0.29, 0.717) is 18.3 Å². The molecule has 0 fully saturated rings. The molecule has 0 aliphatic heterocycles. The molecule has 0 amide bonds. The molecule has 0 unspecified atom stereocenters. The van der Waals surface area contributed by atoms with E-state index in [1.807, 2.05) is 6.08 Å². The zero-order valence-corrected chi connectivity index (χ0v) is 14.2. The molecule has 4 aliphatic rings. The summed E-state index contributed by atoms with van der Waals surface area (Å²) < 4.78 is 0. The third-order valence-electron chi connectivity index (χ3n) is 6.87. The molecule has 0 heterocycles. The van der Waals surface area contributed by atoms with Crippen LogP contribution in [0.4, 0.5) is 0 Å². The van der Waals surface area contributed by atoms with Gasteiger partial charge in [0.2, 0.25) is 0 Å². The van der Waals surface area contributed by atoms with Crippen LogP contribution in [0.25, 0.3) is 0 Å². The predicted octanol–water partition coefficient (Wildman–Crippen LogP) is 4.34. The number of carbonyl (C=O) groups is 2. The number of ketones is 2. The van der Waals surface area contributed by atoms with Gasteiger partial charge in [-0.1, -0.05) is 43.7 Å². The monoisotopic (exact) mass is 308 g/mol. The molecule has 2 nitrogen and oxygen atoms in total. The summed E-state index contributed by atoms with van der Waals surface area (Å²) in [5, 5.41) is 0. The summed E-state index contributed by atoms with van der Waals surface area (Å²) in [4.78, 5) is 23.8. The first-order chi connectivity index (χ1) is 10.9. The Bertz CT molecular complexity index is 733. The molecule has 0 saturated carbocycles. The van der Waals surface area contributed by atoms with Crippen LogP contribution in [-0.4, -0.2) is 11.6 Å². The van der Waals surface area contributed by atoms with Gasteiger partial charge in [0.1, 0.15) is 0 Å². The molecule has 23 heavy (non-hydrogen) atoms. The summed E-state index contributed by atoms with van der Waals surface area (Å²) in [5.41, 5.74) is 3.67. The van der Waals surface area contributed by atoms with Crippen LogP contribution in [0.5, 0.6) is 0 Å². The molecule has 2 heteroatoms. The molecule has 0 aromatic carbocycles. The summed E-state index contributed by atoms with van der Waals surface area (Å²) in [6.07, 6.45) is 14.4. The first kappa shape index (κ1) is 14.9. The molecule has 0 saturated heterocycles. The lowest BCUT2D eigenvalue weighted by molar-refractivity contribution is -0.116. The van der Waals surface area contributed by atoms with Crippen molar-refractivity contribution in [3.05, 3.63) is 47.1 Å². The van der Waals surface area contributed by atoms with Crippen molar-refractivity contribution in [3.8, 4) is 0 Å². The van der Waals surface area contributed by atoms with Crippen molar-refractivity contribution in [1.29, 1.82) is 0 Å². The Hall–Kier alpha value is -1.70. The fourth-order valence-electron chi connectivity index (χ4n) is 5.47. The average molecular weight is 308 g/mol. The number of allylic oxidation sites excluding steroid dienone is 8. The number of fused-ring (bicyclic) bond motifs is 5. The van der Waals surface area contributed by atoms with Gasteiger partial charge in [-0.3, -0.25) is 9.59 Å². The molecule has 0 radical (unpaired) electrons. The molecule has 4 rings (SSSR count). The van der Waals surface area contributed by atoms with E-state index in [9.17, 15) is 9.59 Å². The normalized spacial score (nSPS) is 41.3. The highest BCUT2D eigenvalue weighted by Crippen LogP contribution is 2.61. The van der Waals surface area contributed by atoms with Crippen molar-refractivity contribution in [2.75, 3.05) is 0 Å². The van der Waals surface area contributed by atoms with E-state index in [0.717, 1.165) is 24.8 Å². The van der Waals surface area contributed by atoms with E-state index < -0.39 is 0 Å². The van der Waals surface area contributed by atoms with Crippen LogP contribution in [0.2, 0.25) is 0 Å². The molecule has 4 aliphatic carbocycles. The molecule has 0 aromatic rings. The second-order valence-corrected chi connectivity index (χ2v) is 8.08. The Labute approximate surface area is 138 Å². The van der Waals surface area contributed by atoms with E-state index in [1.54, 1.807) is 6.92 Å². The minimum atomic E-state index is -0.0214. The highest BCUT2D eigenvalue weighted by Gasteiger charge is 2.52. The van der Waals surface area contributed by atoms with Crippen molar-refractivity contribution in [1.82, 2.24) is 0 Å². The first-order valence-corrected chi connectivity index (χ1v) is 8.71. The van der Waals surface area contributed by atoms with E-state index in [-0.39, 0.29) is 22.4 Å². The van der Waals surface area contributed by atoms with E-state index >= 15 is 0 Å². The maximum Gasteiger partial charge on any atom is 0.156 e. The highest BCUT2D eigenvalue weighted by atomic mass is 16.1. The van der Waals surface area contributed by atoms with E-state index in [1.165, 1.54) is 11.1 Å². The summed E-state index contributed by atoms with van der Waals surface area (Å²) in [5.74, 6) is 1.36. The summed E-state index contributed by atoms with van der Waals surface area (Å²) in [6.45, 7) is 6.26. The van der Waals surface area contributed by atoms with Crippen LogP contribution in [0.3, 0.4) is 0 Å². The molecule has 0 bridgehead atoms. The molecule has 0 spiro atoms. The van der Waals surface area contributed by atoms with Crippen LogP contribution >= 0.6 is 0 Å². The van der Waals surface area contributed by atoms with Crippen LogP contribution < -0.4 is 0 Å². The quantitative estimate of drug-likeness (QED) is 0.675. The molecule has 120 valence electrons. The van der Waals surface area contributed by atoms with Crippen molar-refractivity contribution in [3.63, 3.8) is 0 Å². The zero-order chi connectivity index (χ0) is 16.4. The largest absolute Gasteiger partial charge is 0.295 e. The Morgan fingerprint density at radius 2 is 2.04 bits per heavy atom. The second kappa shape index (κ2) is 4.66. The number of rotatable bonds is 1. The van der Waals surface area contributed by atoms with Gasteiger partial charge in [-0.15, -0.1) is 0 Å². The Balaban J connectivity index is 1.79. The molecular weight excluding hydrogens is 284 g/mol. The summed E-state index contributed by atoms with van der Waals surface area (Å²) in [6, 6.07) is 0. The maximum absolute atomic E-state index is 12.0. The van der Waals surface area contributed by atoms with E-state index in [2.05, 4.69) is 38.2 Å². The van der Waals surface area contributed by atoms with Gasteiger partial charge in [0.05, 0.1) is 0 Å². The van der Waals surface area contributed by atoms with Crippen LogP contribution in [0, 0.1) is 22.7 Å². The van der Waals surface area contributed by atoms with Gasteiger partial charge in [-0.2, -0.15) is 0 Å². The Morgan fingerprint density at radius 3 is 2.78 bits per heavy atom.